The quantitative estimate of drug-likeness (QED) is 0.637. The summed E-state index contributed by atoms with van der Waals surface area (Å²) in [6.07, 6.45) is -4.78. The van der Waals surface area contributed by atoms with E-state index in [9.17, 15) is 26.0 Å². The van der Waals surface area contributed by atoms with Crippen LogP contribution in [0.2, 0.25) is 0 Å². The number of methoxy groups -OCH3 is 1. The molecule has 0 radical (unpaired) electrons. The molecule has 0 aliphatic heterocycles. The molecule has 0 saturated carbocycles. The molecule has 0 spiro atoms. The van der Waals surface area contributed by atoms with Crippen molar-refractivity contribution in [1.29, 1.82) is 0 Å². The molecule has 0 fully saturated rings. The number of H-pyrrole nitrogens is 1. The summed E-state index contributed by atoms with van der Waals surface area (Å²) in [4.78, 5) is -0.208. The van der Waals surface area contributed by atoms with Gasteiger partial charge in [-0.1, -0.05) is 18.2 Å². The molecule has 0 aliphatic carbocycles. The Kier molecular flexibility index (Phi) is 4.90. The third-order valence-electron chi connectivity index (χ3n) is 3.95. The second-order valence-electron chi connectivity index (χ2n) is 5.74. The van der Waals surface area contributed by atoms with Gasteiger partial charge in [-0.3, -0.25) is 5.10 Å². The van der Waals surface area contributed by atoms with Crippen molar-refractivity contribution in [2.24, 2.45) is 5.14 Å². The van der Waals surface area contributed by atoms with Crippen molar-refractivity contribution in [3.05, 3.63) is 54.0 Å². The first-order valence-electron chi connectivity index (χ1n) is 7.65. The average molecular weight is 415 g/mol. The molecule has 3 N–H and O–H groups in total. The van der Waals surface area contributed by atoms with Gasteiger partial charge < -0.3 is 4.74 Å². The van der Waals surface area contributed by atoms with Gasteiger partial charge in [-0.15, -0.1) is 0 Å². The summed E-state index contributed by atoms with van der Waals surface area (Å²) in [5.41, 5.74) is -1.56. The van der Waals surface area contributed by atoms with E-state index in [4.69, 9.17) is 9.88 Å². The highest BCUT2D eigenvalue weighted by molar-refractivity contribution is 7.89. The number of benzene rings is 2. The summed E-state index contributed by atoms with van der Waals surface area (Å²) < 4.78 is 81.9. The van der Waals surface area contributed by atoms with Crippen molar-refractivity contribution in [1.82, 2.24) is 10.2 Å². The van der Waals surface area contributed by atoms with Gasteiger partial charge in [0.15, 0.2) is 11.6 Å². The minimum atomic E-state index is -4.78. The number of hydrogen-bond donors (Lipinski definition) is 2. The van der Waals surface area contributed by atoms with Gasteiger partial charge in [-0.05, 0) is 29.8 Å². The molecule has 1 heterocycles. The Morgan fingerprint density at radius 2 is 1.68 bits per heavy atom. The minimum Gasteiger partial charge on any atom is -0.494 e. The number of alkyl halides is 3. The van der Waals surface area contributed by atoms with Gasteiger partial charge in [0.2, 0.25) is 10.0 Å². The Labute approximate surface area is 157 Å². The van der Waals surface area contributed by atoms with Crippen LogP contribution in [-0.4, -0.2) is 25.7 Å². The smallest absolute Gasteiger partial charge is 0.433 e. The predicted molar refractivity (Wildman–Crippen MR) is 92.3 cm³/mol. The minimum absolute atomic E-state index is 0.0788. The van der Waals surface area contributed by atoms with Crippen LogP contribution in [0.25, 0.3) is 22.4 Å². The molecule has 3 aromatic rings. The topological polar surface area (TPSA) is 98.1 Å². The monoisotopic (exact) mass is 415 g/mol. The molecule has 3 rings (SSSR count). The molecule has 148 valence electrons. The molecule has 11 heteroatoms. The summed E-state index contributed by atoms with van der Waals surface area (Å²) >= 11 is 0. The van der Waals surface area contributed by atoms with E-state index in [0.29, 0.717) is 0 Å². The zero-order valence-corrected chi connectivity index (χ0v) is 15.0. The number of aromatic amines is 1. The van der Waals surface area contributed by atoms with Crippen molar-refractivity contribution in [3.8, 4) is 28.1 Å². The fraction of sp³-hybridized carbons (Fsp3) is 0.118. The van der Waals surface area contributed by atoms with Crippen molar-refractivity contribution in [3.63, 3.8) is 0 Å². The standard InChI is InChI=1S/C17H13F4N3O3S/c1-27-13-7-4-10(8-12(13)18)14-15(23-24-16(14)17(19,20)21)9-2-5-11(6-3-9)28(22,25)26/h2-8H,1H3,(H,23,24)(H2,22,25,26). The van der Waals surface area contributed by atoms with E-state index < -0.39 is 27.7 Å². The number of nitrogens with one attached hydrogen (secondary N) is 1. The van der Waals surface area contributed by atoms with Crippen molar-refractivity contribution in [2.75, 3.05) is 7.11 Å². The first-order valence-corrected chi connectivity index (χ1v) is 9.19. The van der Waals surface area contributed by atoms with Crippen LogP contribution in [-0.2, 0) is 16.2 Å². The van der Waals surface area contributed by atoms with E-state index in [1.165, 1.54) is 31.4 Å². The number of primary sulfonamides is 1. The average Bonchev–Trinajstić information content (AvgIpc) is 3.06. The summed E-state index contributed by atoms with van der Waals surface area (Å²) in [6.45, 7) is 0. The maximum absolute atomic E-state index is 14.1. The molecule has 0 saturated heterocycles. The molecule has 0 atom stereocenters. The Morgan fingerprint density at radius 1 is 1.07 bits per heavy atom. The van der Waals surface area contributed by atoms with Crippen LogP contribution in [0.1, 0.15) is 5.69 Å². The van der Waals surface area contributed by atoms with Gasteiger partial charge in [-0.2, -0.15) is 18.3 Å². The van der Waals surface area contributed by atoms with E-state index in [-0.39, 0.29) is 33.0 Å². The van der Waals surface area contributed by atoms with E-state index in [1.807, 2.05) is 5.10 Å². The second kappa shape index (κ2) is 6.91. The van der Waals surface area contributed by atoms with Gasteiger partial charge in [-0.25, -0.2) is 17.9 Å². The highest BCUT2D eigenvalue weighted by Crippen LogP contribution is 2.41. The van der Waals surface area contributed by atoms with E-state index >= 15 is 0 Å². The molecule has 28 heavy (non-hydrogen) atoms. The van der Waals surface area contributed by atoms with Crippen LogP contribution in [0.5, 0.6) is 5.75 Å². The van der Waals surface area contributed by atoms with Crippen LogP contribution in [0.15, 0.2) is 47.4 Å². The molecular weight excluding hydrogens is 402 g/mol. The van der Waals surface area contributed by atoms with Gasteiger partial charge in [0.1, 0.15) is 11.4 Å². The number of aromatic nitrogens is 2. The Morgan fingerprint density at radius 3 is 2.18 bits per heavy atom. The molecular formula is C17H13F4N3O3S. The lowest BCUT2D eigenvalue weighted by atomic mass is 9.98. The fourth-order valence-electron chi connectivity index (χ4n) is 2.66. The van der Waals surface area contributed by atoms with Crippen LogP contribution in [0.4, 0.5) is 17.6 Å². The van der Waals surface area contributed by atoms with Gasteiger partial charge in [0, 0.05) is 11.1 Å². The lowest BCUT2D eigenvalue weighted by Gasteiger charge is -2.11. The number of rotatable bonds is 4. The Bertz CT molecular complexity index is 1120. The zero-order chi connectivity index (χ0) is 20.7. The summed E-state index contributed by atoms with van der Waals surface area (Å²) in [7, 11) is -2.74. The molecule has 0 bridgehead atoms. The highest BCUT2D eigenvalue weighted by atomic mass is 32.2. The first-order chi connectivity index (χ1) is 13.0. The summed E-state index contributed by atoms with van der Waals surface area (Å²) in [5, 5.41) is 10.7. The van der Waals surface area contributed by atoms with E-state index in [1.54, 1.807) is 0 Å². The number of nitrogens with two attached hydrogens (primary N) is 1. The number of sulfonamides is 1. The largest absolute Gasteiger partial charge is 0.494 e. The van der Waals surface area contributed by atoms with Crippen molar-refractivity contribution >= 4 is 10.0 Å². The van der Waals surface area contributed by atoms with Gasteiger partial charge >= 0.3 is 6.18 Å². The third-order valence-corrected chi connectivity index (χ3v) is 4.88. The zero-order valence-electron chi connectivity index (χ0n) is 14.2. The molecule has 0 unspecified atom stereocenters. The van der Waals surface area contributed by atoms with Crippen molar-refractivity contribution in [2.45, 2.75) is 11.1 Å². The third kappa shape index (κ3) is 3.71. The first kappa shape index (κ1) is 19.8. The Balaban J connectivity index is 2.21. The lowest BCUT2D eigenvalue weighted by Crippen LogP contribution is -2.11. The van der Waals surface area contributed by atoms with Gasteiger partial charge in [0.05, 0.1) is 12.0 Å². The summed E-state index contributed by atoms with van der Waals surface area (Å²) in [6, 6.07) is 8.19. The second-order valence-corrected chi connectivity index (χ2v) is 7.30. The van der Waals surface area contributed by atoms with E-state index in [2.05, 4.69) is 5.10 Å². The molecule has 6 nitrogen and oxygen atoms in total. The maximum atomic E-state index is 14.1. The van der Waals surface area contributed by atoms with E-state index in [0.717, 1.165) is 18.2 Å². The molecule has 1 aromatic heterocycles. The van der Waals surface area contributed by atoms with Crippen LogP contribution < -0.4 is 9.88 Å². The Hall–Kier alpha value is -2.92. The molecule has 0 amide bonds. The fourth-order valence-corrected chi connectivity index (χ4v) is 3.18. The number of halogens is 4. The maximum Gasteiger partial charge on any atom is 0.433 e. The molecule has 2 aromatic carbocycles. The molecule has 0 aliphatic rings. The SMILES string of the molecule is COc1ccc(-c2c(-c3ccc(S(N)(=O)=O)cc3)n[nH]c2C(F)(F)F)cc1F. The number of ether oxygens (including phenoxy) is 1. The lowest BCUT2D eigenvalue weighted by molar-refractivity contribution is -0.140. The van der Waals surface area contributed by atoms with Crippen molar-refractivity contribution < 1.29 is 30.7 Å². The normalized spacial score (nSPS) is 12.2. The highest BCUT2D eigenvalue weighted by Gasteiger charge is 2.38. The predicted octanol–water partition coefficient (Wildman–Crippen LogP) is 3.56. The van der Waals surface area contributed by atoms with Crippen LogP contribution >= 0.6 is 0 Å². The number of nitrogens with zero attached hydrogens (tertiary/aromatic N) is 1. The van der Waals surface area contributed by atoms with Crippen LogP contribution in [0.3, 0.4) is 0 Å². The van der Waals surface area contributed by atoms with Gasteiger partial charge in [0.25, 0.3) is 0 Å². The number of hydrogen-bond acceptors (Lipinski definition) is 4. The summed E-state index contributed by atoms with van der Waals surface area (Å²) in [5.74, 6) is -0.968. The van der Waals surface area contributed by atoms with Crippen LogP contribution in [0, 0.1) is 5.82 Å².